The summed E-state index contributed by atoms with van der Waals surface area (Å²) >= 11 is 0. The van der Waals surface area contributed by atoms with Gasteiger partial charge in [0.05, 0.1) is 24.6 Å². The molecule has 194 valence electrons. The first kappa shape index (κ1) is 25.7. The highest BCUT2D eigenvalue weighted by molar-refractivity contribution is 6.03. The minimum absolute atomic E-state index is 0.00801. The van der Waals surface area contributed by atoms with Crippen molar-refractivity contribution in [2.45, 2.75) is 38.7 Å². The van der Waals surface area contributed by atoms with Crippen molar-refractivity contribution in [3.8, 4) is 11.5 Å². The Morgan fingerprint density at radius 3 is 2.70 bits per heavy atom. The molecule has 0 saturated carbocycles. The minimum atomic E-state index is -0.858. The predicted molar refractivity (Wildman–Crippen MR) is 128 cm³/mol. The molecule has 0 fully saturated rings. The molecule has 0 amide bonds. The predicted octanol–water partition coefficient (Wildman–Crippen LogP) is 4.18. The van der Waals surface area contributed by atoms with Gasteiger partial charge in [-0.25, -0.2) is 9.18 Å². The molecule has 1 aliphatic carbocycles. The summed E-state index contributed by atoms with van der Waals surface area (Å²) in [4.78, 5) is 36.6. The standard InChI is InChI=1S/C26H25FN2O8/c1-3-35-26(31)24-22(23-18(30)5-4-6-20(23)37-25(24)28)14-7-10-19(34-2)15(11-14)13-36-21-12-16(27)8-9-17(21)29(32)33/h7-12,22H,3-6,13,28H2,1-2H3/t22-/m1/s1. The van der Waals surface area contributed by atoms with Crippen molar-refractivity contribution in [2.75, 3.05) is 13.7 Å². The summed E-state index contributed by atoms with van der Waals surface area (Å²) in [6.07, 6.45) is 1.38. The molecule has 2 aliphatic rings. The summed E-state index contributed by atoms with van der Waals surface area (Å²) in [6, 6.07) is 7.86. The molecule has 0 radical (unpaired) electrons. The Kier molecular flexibility index (Phi) is 7.42. The van der Waals surface area contributed by atoms with Crippen LogP contribution >= 0.6 is 0 Å². The number of nitrogens with two attached hydrogens (primary N) is 1. The molecule has 4 rings (SSSR count). The zero-order valence-corrected chi connectivity index (χ0v) is 20.2. The van der Waals surface area contributed by atoms with E-state index in [0.29, 0.717) is 47.5 Å². The maximum Gasteiger partial charge on any atom is 0.340 e. The van der Waals surface area contributed by atoms with Crippen LogP contribution in [0.1, 0.15) is 43.2 Å². The van der Waals surface area contributed by atoms with E-state index in [1.807, 2.05) is 0 Å². The van der Waals surface area contributed by atoms with Crippen molar-refractivity contribution in [1.82, 2.24) is 0 Å². The summed E-state index contributed by atoms with van der Waals surface area (Å²) in [6.45, 7) is 1.52. The van der Waals surface area contributed by atoms with Crippen molar-refractivity contribution >= 4 is 17.4 Å². The number of halogens is 1. The van der Waals surface area contributed by atoms with E-state index in [9.17, 15) is 24.1 Å². The summed E-state index contributed by atoms with van der Waals surface area (Å²) in [5.74, 6) is -2.02. The number of nitro benzene ring substituents is 1. The van der Waals surface area contributed by atoms with Gasteiger partial charge in [-0.3, -0.25) is 14.9 Å². The number of allylic oxidation sites excluding steroid dienone is 2. The second-order valence-electron chi connectivity index (χ2n) is 8.38. The fraction of sp³-hybridized carbons (Fsp3) is 0.308. The van der Waals surface area contributed by atoms with Crippen molar-refractivity contribution in [1.29, 1.82) is 0 Å². The monoisotopic (exact) mass is 512 g/mol. The smallest absolute Gasteiger partial charge is 0.340 e. The highest BCUT2D eigenvalue weighted by Gasteiger charge is 2.41. The summed E-state index contributed by atoms with van der Waals surface area (Å²) in [7, 11) is 1.44. The van der Waals surface area contributed by atoms with E-state index < -0.39 is 28.3 Å². The topological polar surface area (TPSA) is 140 Å². The van der Waals surface area contributed by atoms with Gasteiger partial charge in [0.25, 0.3) is 0 Å². The maximum atomic E-state index is 13.8. The third-order valence-corrected chi connectivity index (χ3v) is 6.12. The van der Waals surface area contributed by atoms with E-state index in [2.05, 4.69) is 0 Å². The number of hydrogen-bond donors (Lipinski definition) is 1. The molecule has 11 heteroatoms. The number of esters is 1. The lowest BCUT2D eigenvalue weighted by Crippen LogP contribution is -2.31. The number of nitrogens with zero attached hydrogens (tertiary/aromatic N) is 1. The number of rotatable bonds is 8. The molecule has 1 atom stereocenters. The third kappa shape index (κ3) is 5.11. The molecule has 0 saturated heterocycles. The Labute approximate surface area is 211 Å². The van der Waals surface area contributed by atoms with Crippen LogP contribution < -0.4 is 15.2 Å². The SMILES string of the molecule is CCOC(=O)C1=C(N)OC2=C(C(=O)CCC2)[C@H]1c1ccc(OC)c(COc2cc(F)ccc2[N+](=O)[O-])c1. The second kappa shape index (κ2) is 10.7. The van der Waals surface area contributed by atoms with Gasteiger partial charge in [0.1, 0.15) is 29.5 Å². The van der Waals surface area contributed by atoms with Crippen molar-refractivity contribution < 1.29 is 37.9 Å². The molecule has 37 heavy (non-hydrogen) atoms. The maximum absolute atomic E-state index is 13.8. The van der Waals surface area contributed by atoms with Crippen molar-refractivity contribution in [3.63, 3.8) is 0 Å². The van der Waals surface area contributed by atoms with Gasteiger partial charge in [0.15, 0.2) is 11.5 Å². The van der Waals surface area contributed by atoms with Crippen LogP contribution in [-0.2, 0) is 25.7 Å². The molecule has 0 spiro atoms. The van der Waals surface area contributed by atoms with Crippen LogP contribution in [0.4, 0.5) is 10.1 Å². The highest BCUT2D eigenvalue weighted by Crippen LogP contribution is 2.45. The molecule has 2 aromatic carbocycles. The average molecular weight is 512 g/mol. The number of nitro groups is 1. The number of ketones is 1. The summed E-state index contributed by atoms with van der Waals surface area (Å²) < 4.78 is 35.7. The van der Waals surface area contributed by atoms with Crippen LogP contribution in [0.2, 0.25) is 0 Å². The van der Waals surface area contributed by atoms with Crippen molar-refractivity contribution in [3.05, 3.63) is 86.2 Å². The van der Waals surface area contributed by atoms with Crippen LogP contribution in [0.3, 0.4) is 0 Å². The molecule has 0 bridgehead atoms. The van der Waals surface area contributed by atoms with Crippen molar-refractivity contribution in [2.24, 2.45) is 5.73 Å². The van der Waals surface area contributed by atoms with E-state index in [0.717, 1.165) is 18.2 Å². The fourth-order valence-corrected chi connectivity index (χ4v) is 4.50. The molecule has 1 heterocycles. The Morgan fingerprint density at radius 1 is 1.22 bits per heavy atom. The lowest BCUT2D eigenvalue weighted by atomic mass is 9.77. The highest BCUT2D eigenvalue weighted by atomic mass is 19.1. The number of methoxy groups -OCH3 is 1. The van der Waals surface area contributed by atoms with E-state index in [4.69, 9.17) is 24.7 Å². The first-order valence-electron chi connectivity index (χ1n) is 11.6. The van der Waals surface area contributed by atoms with Gasteiger partial charge in [-0.1, -0.05) is 6.07 Å². The molecule has 2 aromatic rings. The van der Waals surface area contributed by atoms with Crippen LogP contribution in [0.25, 0.3) is 0 Å². The summed E-state index contributed by atoms with van der Waals surface area (Å²) in [5.41, 5.74) is 7.04. The first-order chi connectivity index (χ1) is 17.7. The van der Waals surface area contributed by atoms with E-state index >= 15 is 0 Å². The molecular weight excluding hydrogens is 487 g/mol. The van der Waals surface area contributed by atoms with Gasteiger partial charge in [-0.05, 0) is 37.1 Å². The molecule has 10 nitrogen and oxygen atoms in total. The number of ether oxygens (including phenoxy) is 4. The average Bonchev–Trinajstić information content (AvgIpc) is 2.86. The molecule has 1 aliphatic heterocycles. The lowest BCUT2D eigenvalue weighted by molar-refractivity contribution is -0.386. The number of carbonyl (C=O) groups excluding carboxylic acids is 2. The molecule has 2 N–H and O–H groups in total. The number of hydrogen-bond acceptors (Lipinski definition) is 9. The van der Waals surface area contributed by atoms with E-state index in [-0.39, 0.29) is 36.2 Å². The van der Waals surface area contributed by atoms with Crippen LogP contribution in [0.5, 0.6) is 11.5 Å². The number of carbonyl (C=O) groups is 2. The second-order valence-corrected chi connectivity index (χ2v) is 8.38. The zero-order valence-electron chi connectivity index (χ0n) is 20.2. The van der Waals surface area contributed by atoms with Gasteiger partial charge >= 0.3 is 11.7 Å². The number of Topliss-reactive ketones (excluding diaryl/α,β-unsaturated/α-hetero) is 1. The Morgan fingerprint density at radius 2 is 2.00 bits per heavy atom. The number of benzene rings is 2. The molecule has 0 unspecified atom stereocenters. The van der Waals surface area contributed by atoms with E-state index in [1.165, 1.54) is 7.11 Å². The fourth-order valence-electron chi connectivity index (χ4n) is 4.50. The lowest BCUT2D eigenvalue weighted by Gasteiger charge is -2.32. The molecule has 0 aromatic heterocycles. The van der Waals surface area contributed by atoms with E-state index in [1.54, 1.807) is 25.1 Å². The van der Waals surface area contributed by atoms with Crippen LogP contribution in [0.15, 0.2) is 59.2 Å². The van der Waals surface area contributed by atoms with Gasteiger partial charge in [-0.15, -0.1) is 0 Å². The zero-order chi connectivity index (χ0) is 26.7. The first-order valence-corrected chi connectivity index (χ1v) is 11.6. The van der Waals surface area contributed by atoms with Gasteiger partial charge in [0, 0.05) is 36.1 Å². The summed E-state index contributed by atoms with van der Waals surface area (Å²) in [5, 5.41) is 11.3. The Balaban J connectivity index is 1.77. The quantitative estimate of drug-likeness (QED) is 0.313. The molecular formula is C26H25FN2O8. The van der Waals surface area contributed by atoms with Gasteiger partial charge < -0.3 is 24.7 Å². The minimum Gasteiger partial charge on any atom is -0.496 e. The van der Waals surface area contributed by atoms with Crippen LogP contribution in [-0.4, -0.2) is 30.4 Å². The Bertz CT molecular complexity index is 1330. The third-order valence-electron chi connectivity index (χ3n) is 6.12. The normalized spacial score (nSPS) is 17.2. The van der Waals surface area contributed by atoms with Gasteiger partial charge in [0.2, 0.25) is 5.88 Å². The Hall–Kier alpha value is -4.41. The van der Waals surface area contributed by atoms with Gasteiger partial charge in [-0.2, -0.15) is 0 Å². The largest absolute Gasteiger partial charge is 0.496 e. The van der Waals surface area contributed by atoms with Crippen LogP contribution in [0, 0.1) is 15.9 Å².